The molecule has 2 N–H and O–H groups in total. The zero-order valence-corrected chi connectivity index (χ0v) is 19.0. The third kappa shape index (κ3) is 5.46. The molecule has 7 nitrogen and oxygen atoms in total. The topological polar surface area (TPSA) is 93.7 Å². The molecule has 0 bridgehead atoms. The maximum absolute atomic E-state index is 12.8. The first-order valence-electron chi connectivity index (χ1n) is 9.65. The smallest absolute Gasteiger partial charge is 0.323 e. The number of urea groups is 1. The Bertz CT molecular complexity index is 1230. The average Bonchev–Trinajstić information content (AvgIpc) is 2.68. The van der Waals surface area contributed by atoms with Crippen LogP contribution in [-0.4, -0.2) is 27.8 Å². The Morgan fingerprint density at radius 1 is 0.871 bits per heavy atom. The van der Waals surface area contributed by atoms with Gasteiger partial charge in [-0.3, -0.25) is 0 Å². The van der Waals surface area contributed by atoms with Gasteiger partial charge in [0, 0.05) is 10.8 Å². The minimum atomic E-state index is -3.68. The molecule has 3 aromatic carbocycles. The Balaban J connectivity index is 1.90. The molecule has 8 heteroatoms. The first-order chi connectivity index (χ1) is 14.5. The monoisotopic (exact) mass is 442 g/mol. The largest absolute Gasteiger partial charge is 0.495 e. The molecule has 2 amide bonds. The van der Waals surface area contributed by atoms with E-state index in [-0.39, 0.29) is 11.2 Å². The lowest BCUT2D eigenvalue weighted by Crippen LogP contribution is -2.21. The van der Waals surface area contributed by atoms with Gasteiger partial charge in [0.05, 0.1) is 24.7 Å². The van der Waals surface area contributed by atoms with Gasteiger partial charge in [-0.1, -0.05) is 51.1 Å². The third-order valence-corrected chi connectivity index (χ3v) is 5.17. The van der Waals surface area contributed by atoms with Crippen LogP contribution in [0.25, 0.3) is 10.8 Å². The van der Waals surface area contributed by atoms with E-state index in [2.05, 4.69) is 31.4 Å². The summed E-state index contributed by atoms with van der Waals surface area (Å²) in [6, 6.07) is 15.4. The van der Waals surface area contributed by atoms with Crippen molar-refractivity contribution in [1.29, 1.82) is 0 Å². The van der Waals surface area contributed by atoms with Crippen LogP contribution in [0.3, 0.4) is 0 Å². The van der Waals surface area contributed by atoms with Gasteiger partial charge in [0.1, 0.15) is 5.75 Å². The lowest BCUT2D eigenvalue weighted by molar-refractivity contribution is 0.262. The standard InChI is InChI=1S/C23H26N2O5S/c1-23(2,3)15-10-12-21(29-4)19(14-15)25-22(26)24-18-11-13-20(30-31(5,27)28)17-9-7-6-8-16(17)18/h6-14H,1-5H3,(H2,24,25,26). The van der Waals surface area contributed by atoms with E-state index in [0.717, 1.165) is 11.8 Å². The third-order valence-electron chi connectivity index (χ3n) is 4.69. The molecule has 0 fully saturated rings. The predicted molar refractivity (Wildman–Crippen MR) is 124 cm³/mol. The van der Waals surface area contributed by atoms with Crippen LogP contribution in [0, 0.1) is 0 Å². The highest BCUT2D eigenvalue weighted by Gasteiger charge is 2.18. The molecule has 0 aliphatic rings. The van der Waals surface area contributed by atoms with Gasteiger partial charge in [-0.2, -0.15) is 8.42 Å². The summed E-state index contributed by atoms with van der Waals surface area (Å²) in [5, 5.41) is 6.88. The maximum atomic E-state index is 12.8. The summed E-state index contributed by atoms with van der Waals surface area (Å²) in [5.41, 5.74) is 2.02. The van der Waals surface area contributed by atoms with E-state index >= 15 is 0 Å². The number of hydrogen-bond acceptors (Lipinski definition) is 5. The second-order valence-electron chi connectivity index (χ2n) is 8.19. The molecule has 0 atom stereocenters. The zero-order chi connectivity index (χ0) is 22.8. The fourth-order valence-corrected chi connectivity index (χ4v) is 3.64. The Kier molecular flexibility index (Phi) is 6.13. The van der Waals surface area contributed by atoms with E-state index < -0.39 is 16.1 Å². The average molecular weight is 443 g/mol. The minimum Gasteiger partial charge on any atom is -0.495 e. The quantitative estimate of drug-likeness (QED) is 0.535. The Hall–Kier alpha value is -3.26. The van der Waals surface area contributed by atoms with Gasteiger partial charge in [0.2, 0.25) is 0 Å². The fourth-order valence-electron chi connectivity index (χ4n) is 3.16. The van der Waals surface area contributed by atoms with E-state index in [1.807, 2.05) is 18.2 Å². The summed E-state index contributed by atoms with van der Waals surface area (Å²) in [6.07, 6.45) is 0.987. The highest BCUT2D eigenvalue weighted by Crippen LogP contribution is 2.34. The van der Waals surface area contributed by atoms with E-state index in [9.17, 15) is 13.2 Å². The summed E-state index contributed by atoms with van der Waals surface area (Å²) in [4.78, 5) is 12.8. The van der Waals surface area contributed by atoms with Gasteiger partial charge in [0.15, 0.2) is 5.75 Å². The molecule has 31 heavy (non-hydrogen) atoms. The second kappa shape index (κ2) is 8.47. The summed E-state index contributed by atoms with van der Waals surface area (Å²) in [5.74, 6) is 0.744. The lowest BCUT2D eigenvalue weighted by atomic mass is 9.87. The number of amides is 2. The van der Waals surface area contributed by atoms with Crippen LogP contribution < -0.4 is 19.6 Å². The highest BCUT2D eigenvalue weighted by molar-refractivity contribution is 7.86. The molecule has 164 valence electrons. The van der Waals surface area contributed by atoms with Crippen molar-refractivity contribution >= 4 is 38.3 Å². The summed E-state index contributed by atoms with van der Waals surface area (Å²) in [6.45, 7) is 6.26. The van der Waals surface area contributed by atoms with Gasteiger partial charge in [0.25, 0.3) is 0 Å². The molecule has 0 aliphatic carbocycles. The van der Waals surface area contributed by atoms with Crippen molar-refractivity contribution in [2.45, 2.75) is 26.2 Å². The van der Waals surface area contributed by atoms with Crippen LogP contribution in [0.2, 0.25) is 0 Å². The Morgan fingerprint density at radius 3 is 2.10 bits per heavy atom. The molecule has 0 aliphatic heterocycles. The maximum Gasteiger partial charge on any atom is 0.323 e. The van der Waals surface area contributed by atoms with Gasteiger partial charge >= 0.3 is 16.1 Å². The number of hydrogen-bond donors (Lipinski definition) is 2. The van der Waals surface area contributed by atoms with Gasteiger partial charge < -0.3 is 19.6 Å². The van der Waals surface area contributed by atoms with Crippen molar-refractivity contribution in [1.82, 2.24) is 0 Å². The molecule has 0 spiro atoms. The van der Waals surface area contributed by atoms with Crippen LogP contribution >= 0.6 is 0 Å². The number of benzene rings is 3. The van der Waals surface area contributed by atoms with Crippen LogP contribution in [-0.2, 0) is 15.5 Å². The molecule has 3 aromatic rings. The number of fused-ring (bicyclic) bond motifs is 1. The normalized spacial score (nSPS) is 11.8. The molecule has 0 aromatic heterocycles. The first-order valence-corrected chi connectivity index (χ1v) is 11.5. The summed E-state index contributed by atoms with van der Waals surface area (Å²) >= 11 is 0. The number of ether oxygens (including phenoxy) is 1. The van der Waals surface area contributed by atoms with E-state index in [4.69, 9.17) is 8.92 Å². The van der Waals surface area contributed by atoms with Crippen molar-refractivity contribution < 1.29 is 22.1 Å². The summed E-state index contributed by atoms with van der Waals surface area (Å²) in [7, 11) is -2.14. The molecule has 0 radical (unpaired) electrons. The van der Waals surface area contributed by atoms with Gasteiger partial charge in [-0.05, 0) is 35.2 Å². The molecule has 0 unspecified atom stereocenters. The number of methoxy groups -OCH3 is 1. The van der Waals surface area contributed by atoms with Crippen LogP contribution in [0.1, 0.15) is 26.3 Å². The van der Waals surface area contributed by atoms with Crippen molar-refractivity contribution in [3.63, 3.8) is 0 Å². The predicted octanol–water partition coefficient (Wildman–Crippen LogP) is 5.13. The molecule has 3 rings (SSSR count). The second-order valence-corrected chi connectivity index (χ2v) is 9.76. The number of nitrogens with one attached hydrogen (secondary N) is 2. The van der Waals surface area contributed by atoms with Gasteiger partial charge in [-0.15, -0.1) is 0 Å². The number of anilines is 2. The lowest BCUT2D eigenvalue weighted by Gasteiger charge is -2.21. The first kappa shape index (κ1) is 22.4. The van der Waals surface area contributed by atoms with E-state index in [0.29, 0.717) is 27.9 Å². The number of carbonyl (C=O) groups excluding carboxylic acids is 1. The molecular weight excluding hydrogens is 416 g/mol. The van der Waals surface area contributed by atoms with Crippen LogP contribution in [0.5, 0.6) is 11.5 Å². The molecule has 0 saturated carbocycles. The van der Waals surface area contributed by atoms with Crippen molar-refractivity contribution in [3.8, 4) is 11.5 Å². The minimum absolute atomic E-state index is 0.0924. The van der Waals surface area contributed by atoms with Crippen LogP contribution in [0.4, 0.5) is 16.2 Å². The fraction of sp³-hybridized carbons (Fsp3) is 0.261. The SMILES string of the molecule is COc1ccc(C(C)(C)C)cc1NC(=O)Nc1ccc(OS(C)(=O)=O)c2ccccc12. The molecule has 0 heterocycles. The Morgan fingerprint density at radius 2 is 1.48 bits per heavy atom. The highest BCUT2D eigenvalue weighted by atomic mass is 32.2. The van der Waals surface area contributed by atoms with Crippen molar-refractivity contribution in [2.75, 3.05) is 24.0 Å². The Labute approximate surface area is 182 Å². The summed E-state index contributed by atoms with van der Waals surface area (Å²) < 4.78 is 33.6. The molecular formula is C23H26N2O5S. The number of rotatable bonds is 5. The van der Waals surface area contributed by atoms with E-state index in [1.165, 1.54) is 6.07 Å². The van der Waals surface area contributed by atoms with Gasteiger partial charge in [-0.25, -0.2) is 4.79 Å². The van der Waals surface area contributed by atoms with Crippen molar-refractivity contribution in [2.24, 2.45) is 0 Å². The van der Waals surface area contributed by atoms with E-state index in [1.54, 1.807) is 37.4 Å². The molecule has 0 saturated heterocycles. The zero-order valence-electron chi connectivity index (χ0n) is 18.1. The van der Waals surface area contributed by atoms with Crippen molar-refractivity contribution in [3.05, 3.63) is 60.2 Å². The van der Waals surface area contributed by atoms with Crippen LogP contribution in [0.15, 0.2) is 54.6 Å². The number of carbonyl (C=O) groups is 1.